The quantitative estimate of drug-likeness (QED) is 0.655. The highest BCUT2D eigenvalue weighted by Crippen LogP contribution is 2.35. The molecule has 0 radical (unpaired) electrons. The minimum atomic E-state index is -0.292. The topological polar surface area (TPSA) is 74.7 Å². The van der Waals surface area contributed by atoms with Crippen LogP contribution in [0.25, 0.3) is 0 Å². The number of carbonyl (C=O) groups is 2. The van der Waals surface area contributed by atoms with Gasteiger partial charge in [0.25, 0.3) is 5.91 Å². The Morgan fingerprint density at radius 3 is 2.53 bits per heavy atom. The third-order valence-electron chi connectivity index (χ3n) is 6.37. The van der Waals surface area contributed by atoms with E-state index in [9.17, 15) is 9.59 Å². The molecule has 2 aromatic rings. The van der Waals surface area contributed by atoms with Crippen molar-refractivity contribution in [2.45, 2.75) is 26.3 Å². The number of methoxy groups -OCH3 is 1. The first kappa shape index (κ1) is 23.8. The molecule has 2 aliphatic heterocycles. The molecule has 34 heavy (non-hydrogen) atoms. The summed E-state index contributed by atoms with van der Waals surface area (Å²) >= 11 is 0. The van der Waals surface area contributed by atoms with Crippen LogP contribution in [0.2, 0.25) is 0 Å². The first-order valence-corrected chi connectivity index (χ1v) is 11.7. The molecule has 180 valence electrons. The van der Waals surface area contributed by atoms with Crippen molar-refractivity contribution in [2.24, 2.45) is 5.10 Å². The summed E-state index contributed by atoms with van der Waals surface area (Å²) in [6.45, 7) is 6.83. The zero-order valence-corrected chi connectivity index (χ0v) is 20.1. The number of piperazine rings is 1. The summed E-state index contributed by atoms with van der Waals surface area (Å²) < 4.78 is 10.5. The van der Waals surface area contributed by atoms with Gasteiger partial charge in [-0.2, -0.15) is 5.10 Å². The molecule has 0 aliphatic carbocycles. The van der Waals surface area contributed by atoms with Crippen molar-refractivity contribution >= 4 is 17.7 Å². The Hall–Kier alpha value is -3.39. The first-order chi connectivity index (χ1) is 16.5. The molecule has 4 rings (SSSR count). The minimum absolute atomic E-state index is 0.0456. The van der Waals surface area contributed by atoms with Crippen LogP contribution in [-0.4, -0.2) is 79.0 Å². The number of nitrogens with zero attached hydrogens (tertiary/aromatic N) is 4. The molecule has 0 N–H and O–H groups in total. The number of amides is 2. The smallest absolute Gasteiger partial charge is 0.409 e. The van der Waals surface area contributed by atoms with Gasteiger partial charge in [-0.3, -0.25) is 9.69 Å². The van der Waals surface area contributed by atoms with E-state index in [0.29, 0.717) is 39.2 Å². The fraction of sp³-hybridized carbons (Fsp3) is 0.423. The molecule has 1 unspecified atom stereocenters. The zero-order chi connectivity index (χ0) is 24.1. The molecule has 1 fully saturated rings. The Morgan fingerprint density at radius 2 is 1.82 bits per heavy atom. The lowest BCUT2D eigenvalue weighted by molar-refractivity contribution is -0.134. The van der Waals surface area contributed by atoms with Gasteiger partial charge in [0, 0.05) is 38.2 Å². The Labute approximate surface area is 200 Å². The first-order valence-electron chi connectivity index (χ1n) is 11.7. The molecule has 2 aliphatic rings. The van der Waals surface area contributed by atoms with Crippen molar-refractivity contribution in [3.05, 3.63) is 65.2 Å². The number of ether oxygens (including phenoxy) is 2. The molecule has 8 heteroatoms. The number of aryl methyl sites for hydroxylation is 1. The van der Waals surface area contributed by atoms with Crippen LogP contribution in [0.3, 0.4) is 0 Å². The summed E-state index contributed by atoms with van der Waals surface area (Å²) in [6.07, 6.45) is 0.348. The van der Waals surface area contributed by atoms with Crippen LogP contribution in [0, 0.1) is 6.92 Å². The Bertz CT molecular complexity index is 1060. The van der Waals surface area contributed by atoms with Gasteiger partial charge in [-0.25, -0.2) is 9.80 Å². The van der Waals surface area contributed by atoms with Gasteiger partial charge in [0.2, 0.25) is 0 Å². The Kier molecular flexibility index (Phi) is 7.47. The number of hydrogen-bond donors (Lipinski definition) is 0. The standard InChI is InChI=1S/C26H32N4O4/c1-4-34-26(32)29-14-12-28(13-15-29)18-25(31)30-24(22-11-6-5-8-19(22)2)17-23(27-30)20-9-7-10-21(16-20)33-3/h5-11,16,24H,4,12-15,17-18H2,1-3H3. The highest BCUT2D eigenvalue weighted by molar-refractivity contribution is 6.03. The summed E-state index contributed by atoms with van der Waals surface area (Å²) in [5.41, 5.74) is 4.06. The normalized spacial score (nSPS) is 18.6. The number of benzene rings is 2. The van der Waals surface area contributed by atoms with Gasteiger partial charge in [0.05, 0.1) is 32.0 Å². The predicted octanol–water partition coefficient (Wildman–Crippen LogP) is 3.46. The van der Waals surface area contributed by atoms with E-state index in [2.05, 4.69) is 24.0 Å². The van der Waals surface area contributed by atoms with E-state index in [1.807, 2.05) is 36.4 Å². The summed E-state index contributed by atoms with van der Waals surface area (Å²) in [7, 11) is 1.64. The van der Waals surface area contributed by atoms with Gasteiger partial charge in [-0.05, 0) is 37.1 Å². The summed E-state index contributed by atoms with van der Waals surface area (Å²) in [4.78, 5) is 29.2. The fourth-order valence-electron chi connectivity index (χ4n) is 4.49. The highest BCUT2D eigenvalue weighted by atomic mass is 16.6. The van der Waals surface area contributed by atoms with Gasteiger partial charge in [0.1, 0.15) is 5.75 Å². The second-order valence-corrected chi connectivity index (χ2v) is 8.56. The third kappa shape index (κ3) is 5.22. The van der Waals surface area contributed by atoms with Crippen molar-refractivity contribution in [1.82, 2.24) is 14.8 Å². The van der Waals surface area contributed by atoms with Crippen molar-refractivity contribution < 1.29 is 19.1 Å². The Balaban J connectivity index is 1.51. The van der Waals surface area contributed by atoms with E-state index in [4.69, 9.17) is 14.6 Å². The maximum atomic E-state index is 13.5. The monoisotopic (exact) mass is 464 g/mol. The van der Waals surface area contributed by atoms with Crippen LogP contribution in [-0.2, 0) is 9.53 Å². The largest absolute Gasteiger partial charge is 0.497 e. The summed E-state index contributed by atoms with van der Waals surface area (Å²) in [5, 5.41) is 6.45. The molecular weight excluding hydrogens is 432 g/mol. The second-order valence-electron chi connectivity index (χ2n) is 8.56. The van der Waals surface area contributed by atoms with E-state index in [1.165, 1.54) is 0 Å². The van der Waals surface area contributed by atoms with Crippen molar-refractivity contribution in [3.8, 4) is 5.75 Å². The Morgan fingerprint density at radius 1 is 1.06 bits per heavy atom. The van der Waals surface area contributed by atoms with Gasteiger partial charge < -0.3 is 14.4 Å². The van der Waals surface area contributed by atoms with E-state index < -0.39 is 0 Å². The predicted molar refractivity (Wildman–Crippen MR) is 130 cm³/mol. The lowest BCUT2D eigenvalue weighted by Gasteiger charge is -2.34. The zero-order valence-electron chi connectivity index (χ0n) is 20.1. The average Bonchev–Trinajstić information content (AvgIpc) is 3.30. The van der Waals surface area contributed by atoms with Crippen molar-refractivity contribution in [1.29, 1.82) is 0 Å². The van der Waals surface area contributed by atoms with Crippen molar-refractivity contribution in [2.75, 3.05) is 46.4 Å². The van der Waals surface area contributed by atoms with E-state index in [1.54, 1.807) is 23.9 Å². The molecule has 0 saturated carbocycles. The second kappa shape index (κ2) is 10.7. The molecule has 8 nitrogen and oxygen atoms in total. The van der Waals surface area contributed by atoms with Crippen LogP contribution in [0.4, 0.5) is 4.79 Å². The molecule has 0 spiro atoms. The van der Waals surface area contributed by atoms with Gasteiger partial charge in [-0.15, -0.1) is 0 Å². The fourth-order valence-corrected chi connectivity index (χ4v) is 4.49. The molecule has 0 bridgehead atoms. The molecule has 1 saturated heterocycles. The maximum Gasteiger partial charge on any atom is 0.409 e. The lowest BCUT2D eigenvalue weighted by Crippen LogP contribution is -2.51. The summed E-state index contributed by atoms with van der Waals surface area (Å²) in [6, 6.07) is 15.8. The SMILES string of the molecule is CCOC(=O)N1CCN(CC(=O)N2N=C(c3cccc(OC)c3)CC2c2ccccc2C)CC1. The molecular formula is C26H32N4O4. The van der Waals surface area contributed by atoms with Crippen LogP contribution >= 0.6 is 0 Å². The molecule has 2 heterocycles. The number of carbonyl (C=O) groups excluding carboxylic acids is 2. The van der Waals surface area contributed by atoms with Gasteiger partial charge >= 0.3 is 6.09 Å². The van der Waals surface area contributed by atoms with Crippen LogP contribution in [0.1, 0.15) is 36.1 Å². The lowest BCUT2D eigenvalue weighted by atomic mass is 9.95. The van der Waals surface area contributed by atoms with Crippen LogP contribution in [0.5, 0.6) is 5.75 Å². The van der Waals surface area contributed by atoms with Crippen LogP contribution in [0.15, 0.2) is 53.6 Å². The van der Waals surface area contributed by atoms with Crippen LogP contribution < -0.4 is 4.74 Å². The molecule has 2 amide bonds. The van der Waals surface area contributed by atoms with Gasteiger partial charge in [-0.1, -0.05) is 36.4 Å². The average molecular weight is 465 g/mol. The molecule has 0 aromatic heterocycles. The highest BCUT2D eigenvalue weighted by Gasteiger charge is 2.35. The van der Waals surface area contributed by atoms with Gasteiger partial charge in [0.15, 0.2) is 0 Å². The minimum Gasteiger partial charge on any atom is -0.497 e. The molecule has 1 atom stereocenters. The van der Waals surface area contributed by atoms with Crippen molar-refractivity contribution in [3.63, 3.8) is 0 Å². The number of hydrazone groups is 1. The number of hydrogen-bond acceptors (Lipinski definition) is 6. The summed E-state index contributed by atoms with van der Waals surface area (Å²) in [5.74, 6) is 0.715. The van der Waals surface area contributed by atoms with E-state index >= 15 is 0 Å². The number of rotatable bonds is 6. The third-order valence-corrected chi connectivity index (χ3v) is 6.37. The van der Waals surface area contributed by atoms with E-state index in [0.717, 1.165) is 28.2 Å². The maximum absolute atomic E-state index is 13.5. The van der Waals surface area contributed by atoms with E-state index in [-0.39, 0.29) is 24.6 Å². The molecule has 2 aromatic carbocycles.